The Labute approximate surface area is 100 Å². The molecule has 4 nitrogen and oxygen atoms in total. The van der Waals surface area contributed by atoms with Gasteiger partial charge >= 0.3 is 0 Å². The second-order valence-corrected chi connectivity index (χ2v) is 5.05. The van der Waals surface area contributed by atoms with Crippen LogP contribution in [0.2, 0.25) is 0 Å². The topological polar surface area (TPSA) is 49.0 Å². The summed E-state index contributed by atoms with van der Waals surface area (Å²) < 4.78 is 1.92. The molecule has 0 unspecified atom stereocenters. The molecule has 0 spiro atoms. The van der Waals surface area contributed by atoms with Crippen molar-refractivity contribution in [2.45, 2.75) is 18.9 Å². The number of likely N-dealkylation sites (tertiary alicyclic amines) is 1. The maximum atomic E-state index is 11.8. The van der Waals surface area contributed by atoms with Crippen LogP contribution in [0.25, 0.3) is 0 Å². The molecule has 1 aromatic heterocycles. The standard InChI is InChI=1S/C13H15N3O/c14-4-5-15-7-10-6-11(9-15)12-2-1-3-13(17)16(12)8-10/h1-3,10-11H,5-9H2/t10-,11+/m0/s1. The average molecular weight is 229 g/mol. The van der Waals surface area contributed by atoms with E-state index in [1.54, 1.807) is 6.07 Å². The van der Waals surface area contributed by atoms with Crippen molar-refractivity contribution in [2.75, 3.05) is 19.6 Å². The van der Waals surface area contributed by atoms with Crippen molar-refractivity contribution in [3.8, 4) is 6.07 Å². The molecule has 1 saturated heterocycles. The number of fused-ring (bicyclic) bond motifs is 4. The van der Waals surface area contributed by atoms with Crippen molar-refractivity contribution in [2.24, 2.45) is 5.92 Å². The Balaban J connectivity index is 1.96. The summed E-state index contributed by atoms with van der Waals surface area (Å²) >= 11 is 0. The fourth-order valence-corrected chi connectivity index (χ4v) is 3.22. The quantitative estimate of drug-likeness (QED) is 0.669. The first-order chi connectivity index (χ1) is 8.28. The summed E-state index contributed by atoms with van der Waals surface area (Å²) in [6.45, 7) is 3.18. The zero-order chi connectivity index (χ0) is 11.8. The van der Waals surface area contributed by atoms with Gasteiger partial charge in [0.05, 0.1) is 12.6 Å². The molecule has 3 heterocycles. The molecule has 0 N–H and O–H groups in total. The molecule has 0 amide bonds. The van der Waals surface area contributed by atoms with Gasteiger partial charge in [-0.1, -0.05) is 6.07 Å². The second-order valence-electron chi connectivity index (χ2n) is 5.05. The first-order valence-electron chi connectivity index (χ1n) is 6.07. The van der Waals surface area contributed by atoms with Gasteiger partial charge in [0, 0.05) is 37.3 Å². The van der Waals surface area contributed by atoms with E-state index < -0.39 is 0 Å². The van der Waals surface area contributed by atoms with E-state index in [0.717, 1.165) is 31.7 Å². The smallest absolute Gasteiger partial charge is 0.250 e. The van der Waals surface area contributed by atoms with Crippen LogP contribution in [-0.2, 0) is 6.54 Å². The highest BCUT2D eigenvalue weighted by Gasteiger charge is 2.34. The van der Waals surface area contributed by atoms with Crippen LogP contribution < -0.4 is 5.56 Å². The Morgan fingerprint density at radius 2 is 2.24 bits per heavy atom. The van der Waals surface area contributed by atoms with Gasteiger partial charge in [-0.2, -0.15) is 5.26 Å². The lowest BCUT2D eigenvalue weighted by atomic mass is 9.83. The van der Waals surface area contributed by atoms with Crippen LogP contribution >= 0.6 is 0 Å². The number of rotatable bonds is 1. The summed E-state index contributed by atoms with van der Waals surface area (Å²) in [5.74, 6) is 0.944. The predicted octanol–water partition coefficient (Wildman–Crippen LogP) is 0.791. The van der Waals surface area contributed by atoms with Crippen LogP contribution in [0.1, 0.15) is 18.0 Å². The molecule has 0 aromatic carbocycles. The Hall–Kier alpha value is -1.60. The Bertz CT molecular complexity index is 528. The second kappa shape index (κ2) is 4.01. The summed E-state index contributed by atoms with van der Waals surface area (Å²) in [5.41, 5.74) is 1.27. The highest BCUT2D eigenvalue weighted by atomic mass is 16.1. The number of pyridine rings is 1. The van der Waals surface area contributed by atoms with Crippen molar-refractivity contribution >= 4 is 0 Å². The molecule has 2 aliphatic heterocycles. The third kappa shape index (κ3) is 1.77. The molecule has 1 fully saturated rings. The summed E-state index contributed by atoms with van der Waals surface area (Å²) in [5, 5.41) is 8.77. The van der Waals surface area contributed by atoms with Crippen LogP contribution in [0.15, 0.2) is 23.0 Å². The van der Waals surface area contributed by atoms with Crippen LogP contribution in [0.4, 0.5) is 0 Å². The van der Waals surface area contributed by atoms with Gasteiger partial charge in [0.2, 0.25) is 0 Å². The van der Waals surface area contributed by atoms with E-state index in [1.165, 1.54) is 0 Å². The molecule has 4 heteroatoms. The monoisotopic (exact) mass is 229 g/mol. The number of aromatic nitrogens is 1. The lowest BCUT2D eigenvalue weighted by Crippen LogP contribution is -2.47. The van der Waals surface area contributed by atoms with E-state index in [1.807, 2.05) is 10.6 Å². The van der Waals surface area contributed by atoms with Gasteiger partial charge in [-0.3, -0.25) is 9.69 Å². The normalized spacial score (nSPS) is 27.2. The number of nitriles is 1. The third-order valence-electron chi connectivity index (χ3n) is 3.85. The Morgan fingerprint density at radius 1 is 1.35 bits per heavy atom. The molecular weight excluding hydrogens is 214 g/mol. The molecule has 2 atom stereocenters. The summed E-state index contributed by atoms with van der Waals surface area (Å²) in [6.07, 6.45) is 1.16. The number of hydrogen-bond acceptors (Lipinski definition) is 3. The van der Waals surface area contributed by atoms with E-state index in [4.69, 9.17) is 5.26 Å². The average Bonchev–Trinajstić information content (AvgIpc) is 2.31. The zero-order valence-corrected chi connectivity index (χ0v) is 9.67. The minimum absolute atomic E-state index is 0.117. The molecule has 3 rings (SSSR count). The first kappa shape index (κ1) is 10.5. The Kier molecular flexibility index (Phi) is 2.49. The van der Waals surface area contributed by atoms with Crippen LogP contribution in [-0.4, -0.2) is 29.1 Å². The fourth-order valence-electron chi connectivity index (χ4n) is 3.22. The SMILES string of the molecule is N#CCN1C[C@@H]2C[C@H](C1)c1cccc(=O)n1C2. The molecule has 0 saturated carbocycles. The summed E-state index contributed by atoms with van der Waals surface area (Å²) in [4.78, 5) is 14.0. The van der Waals surface area contributed by atoms with E-state index >= 15 is 0 Å². The van der Waals surface area contributed by atoms with E-state index in [0.29, 0.717) is 18.4 Å². The maximum absolute atomic E-state index is 11.8. The van der Waals surface area contributed by atoms with Crippen molar-refractivity contribution in [1.29, 1.82) is 5.26 Å². The number of nitrogens with zero attached hydrogens (tertiary/aromatic N) is 3. The van der Waals surface area contributed by atoms with Crippen LogP contribution in [0.3, 0.4) is 0 Å². The molecule has 2 aliphatic rings. The zero-order valence-electron chi connectivity index (χ0n) is 9.67. The summed E-state index contributed by atoms with van der Waals surface area (Å²) in [7, 11) is 0. The van der Waals surface area contributed by atoms with Gasteiger partial charge in [-0.05, 0) is 18.4 Å². The van der Waals surface area contributed by atoms with E-state index in [2.05, 4.69) is 17.0 Å². The van der Waals surface area contributed by atoms with Gasteiger partial charge in [-0.15, -0.1) is 0 Å². The molecular formula is C13H15N3O. The molecule has 2 bridgehead atoms. The van der Waals surface area contributed by atoms with E-state index in [9.17, 15) is 4.79 Å². The van der Waals surface area contributed by atoms with Crippen molar-refractivity contribution < 1.29 is 0 Å². The Morgan fingerprint density at radius 3 is 3.06 bits per heavy atom. The third-order valence-corrected chi connectivity index (χ3v) is 3.85. The van der Waals surface area contributed by atoms with Gasteiger partial charge in [0.25, 0.3) is 5.56 Å². The van der Waals surface area contributed by atoms with Crippen LogP contribution in [0.5, 0.6) is 0 Å². The first-order valence-corrected chi connectivity index (χ1v) is 6.07. The molecule has 0 radical (unpaired) electrons. The molecule has 0 aliphatic carbocycles. The maximum Gasteiger partial charge on any atom is 0.250 e. The summed E-state index contributed by atoms with van der Waals surface area (Å²) in [6, 6.07) is 7.75. The molecule has 88 valence electrons. The van der Waals surface area contributed by atoms with Crippen LogP contribution in [0, 0.1) is 17.2 Å². The lowest BCUT2D eigenvalue weighted by Gasteiger charge is -2.41. The largest absolute Gasteiger partial charge is 0.312 e. The van der Waals surface area contributed by atoms with Gasteiger partial charge < -0.3 is 4.57 Å². The van der Waals surface area contributed by atoms with Crippen molar-refractivity contribution in [3.63, 3.8) is 0 Å². The minimum Gasteiger partial charge on any atom is -0.312 e. The highest BCUT2D eigenvalue weighted by Crippen LogP contribution is 2.34. The van der Waals surface area contributed by atoms with Gasteiger partial charge in [-0.25, -0.2) is 0 Å². The van der Waals surface area contributed by atoms with E-state index in [-0.39, 0.29) is 5.56 Å². The minimum atomic E-state index is 0.117. The predicted molar refractivity (Wildman–Crippen MR) is 63.6 cm³/mol. The van der Waals surface area contributed by atoms with Gasteiger partial charge in [0.15, 0.2) is 0 Å². The number of piperidine rings is 1. The molecule has 1 aromatic rings. The lowest BCUT2D eigenvalue weighted by molar-refractivity contribution is 0.133. The van der Waals surface area contributed by atoms with Gasteiger partial charge in [0.1, 0.15) is 0 Å². The molecule has 17 heavy (non-hydrogen) atoms. The van der Waals surface area contributed by atoms with Crippen molar-refractivity contribution in [1.82, 2.24) is 9.47 Å². The van der Waals surface area contributed by atoms with Crippen molar-refractivity contribution in [3.05, 3.63) is 34.2 Å². The fraction of sp³-hybridized carbons (Fsp3) is 0.538. The highest BCUT2D eigenvalue weighted by molar-refractivity contribution is 5.17. The number of hydrogen-bond donors (Lipinski definition) is 0.